The maximum absolute atomic E-state index is 11.9. The third kappa shape index (κ3) is 6.66. The number of nitrogens with zero attached hydrogens (tertiary/aromatic N) is 1. The van der Waals surface area contributed by atoms with Crippen LogP contribution in [0.3, 0.4) is 0 Å². The van der Waals surface area contributed by atoms with Crippen molar-refractivity contribution < 1.29 is 9.59 Å². The zero-order valence-electron chi connectivity index (χ0n) is 13.6. The van der Waals surface area contributed by atoms with E-state index in [0.717, 1.165) is 11.1 Å². The molecule has 0 aliphatic carbocycles. The summed E-state index contributed by atoms with van der Waals surface area (Å²) in [6.07, 6.45) is 0.851. The first-order valence-electron chi connectivity index (χ1n) is 7.83. The number of benzene rings is 2. The molecule has 0 aliphatic heterocycles. The van der Waals surface area contributed by atoms with Crippen LogP contribution >= 0.6 is 11.6 Å². The summed E-state index contributed by atoms with van der Waals surface area (Å²) < 4.78 is 0. The molecular weight excluding hydrogens is 338 g/mol. The molecule has 0 saturated heterocycles. The Balaban J connectivity index is 1.76. The lowest BCUT2D eigenvalue weighted by molar-refractivity contribution is -0.121. The van der Waals surface area contributed by atoms with Crippen molar-refractivity contribution in [3.63, 3.8) is 0 Å². The van der Waals surface area contributed by atoms with E-state index in [0.29, 0.717) is 30.1 Å². The van der Waals surface area contributed by atoms with E-state index in [4.69, 9.17) is 16.9 Å². The zero-order chi connectivity index (χ0) is 18.1. The molecular formula is C19H18ClN3O2. The summed E-state index contributed by atoms with van der Waals surface area (Å²) >= 11 is 5.92. The van der Waals surface area contributed by atoms with Crippen LogP contribution in [0, 0.1) is 11.3 Å². The van der Waals surface area contributed by atoms with Gasteiger partial charge in [-0.15, -0.1) is 0 Å². The largest absolute Gasteiger partial charge is 0.352 e. The fourth-order valence-electron chi connectivity index (χ4n) is 2.22. The Hall–Kier alpha value is -2.84. The Labute approximate surface area is 151 Å². The molecule has 6 heteroatoms. The predicted molar refractivity (Wildman–Crippen MR) is 96.9 cm³/mol. The summed E-state index contributed by atoms with van der Waals surface area (Å²) in [5, 5.41) is 14.6. The van der Waals surface area contributed by atoms with Crippen molar-refractivity contribution in [2.75, 3.05) is 5.32 Å². The van der Waals surface area contributed by atoms with Crippen LogP contribution in [-0.4, -0.2) is 11.8 Å². The Morgan fingerprint density at radius 2 is 1.80 bits per heavy atom. The number of halogens is 1. The van der Waals surface area contributed by atoms with Crippen molar-refractivity contribution in [3.05, 3.63) is 64.7 Å². The number of amides is 2. The molecule has 128 valence electrons. The Kier molecular flexibility index (Phi) is 7.00. The van der Waals surface area contributed by atoms with E-state index in [1.165, 1.54) is 0 Å². The normalized spacial score (nSPS) is 9.92. The molecule has 0 saturated carbocycles. The monoisotopic (exact) mass is 355 g/mol. The lowest BCUT2D eigenvalue weighted by Gasteiger charge is -2.07. The zero-order valence-corrected chi connectivity index (χ0v) is 14.3. The van der Waals surface area contributed by atoms with Crippen LogP contribution in [0.2, 0.25) is 5.02 Å². The minimum Gasteiger partial charge on any atom is -0.352 e. The van der Waals surface area contributed by atoms with Gasteiger partial charge in [0.25, 0.3) is 0 Å². The minimum absolute atomic E-state index is 0.0358. The lowest BCUT2D eigenvalue weighted by Crippen LogP contribution is -2.23. The number of nitrogens with one attached hydrogen (secondary N) is 2. The van der Waals surface area contributed by atoms with Gasteiger partial charge in [0.05, 0.1) is 6.07 Å². The van der Waals surface area contributed by atoms with Gasteiger partial charge < -0.3 is 10.6 Å². The standard InChI is InChI=1S/C19H18ClN3O2/c20-16-3-1-2-14(12-16)6-9-18(24)22-13-15-4-7-17(8-5-15)23-19(25)10-11-21/h1-5,7-8,12H,6,9-10,13H2,(H,22,24)(H,23,25). The van der Waals surface area contributed by atoms with E-state index in [1.54, 1.807) is 24.3 Å². The topological polar surface area (TPSA) is 82.0 Å². The second-order valence-corrected chi connectivity index (χ2v) is 5.92. The van der Waals surface area contributed by atoms with Gasteiger partial charge in [0.15, 0.2) is 0 Å². The molecule has 5 nitrogen and oxygen atoms in total. The number of carbonyl (C=O) groups excluding carboxylic acids is 2. The van der Waals surface area contributed by atoms with Gasteiger partial charge >= 0.3 is 0 Å². The van der Waals surface area contributed by atoms with Crippen LogP contribution in [-0.2, 0) is 22.6 Å². The van der Waals surface area contributed by atoms with Crippen molar-refractivity contribution in [1.29, 1.82) is 5.26 Å². The van der Waals surface area contributed by atoms with Gasteiger partial charge in [-0.1, -0.05) is 35.9 Å². The van der Waals surface area contributed by atoms with Crippen molar-refractivity contribution in [2.24, 2.45) is 0 Å². The summed E-state index contributed by atoms with van der Waals surface area (Å²) in [5.41, 5.74) is 2.57. The van der Waals surface area contributed by atoms with Crippen LogP contribution in [0.4, 0.5) is 5.69 Å². The quantitative estimate of drug-likeness (QED) is 0.798. The molecule has 2 rings (SSSR count). The Bertz CT molecular complexity index is 782. The van der Waals surface area contributed by atoms with Gasteiger partial charge in [-0.05, 0) is 41.8 Å². The minimum atomic E-state index is -0.343. The van der Waals surface area contributed by atoms with E-state index in [2.05, 4.69) is 10.6 Å². The molecule has 2 N–H and O–H groups in total. The lowest BCUT2D eigenvalue weighted by atomic mass is 10.1. The van der Waals surface area contributed by atoms with Crippen molar-refractivity contribution in [2.45, 2.75) is 25.8 Å². The highest BCUT2D eigenvalue weighted by Crippen LogP contribution is 2.12. The number of anilines is 1. The van der Waals surface area contributed by atoms with E-state index >= 15 is 0 Å². The van der Waals surface area contributed by atoms with Gasteiger partial charge in [0, 0.05) is 23.7 Å². The fraction of sp³-hybridized carbons (Fsp3) is 0.211. The molecule has 0 unspecified atom stereocenters. The Morgan fingerprint density at radius 3 is 2.48 bits per heavy atom. The first-order valence-corrected chi connectivity index (χ1v) is 8.21. The number of hydrogen-bond acceptors (Lipinski definition) is 3. The van der Waals surface area contributed by atoms with E-state index in [9.17, 15) is 9.59 Å². The predicted octanol–water partition coefficient (Wildman–Crippen LogP) is 3.44. The third-order valence-electron chi connectivity index (χ3n) is 3.50. The third-order valence-corrected chi connectivity index (χ3v) is 3.73. The first kappa shape index (κ1) is 18.5. The van der Waals surface area contributed by atoms with Crippen LogP contribution < -0.4 is 10.6 Å². The van der Waals surface area contributed by atoms with Crippen molar-refractivity contribution in [3.8, 4) is 6.07 Å². The second-order valence-electron chi connectivity index (χ2n) is 5.49. The van der Waals surface area contributed by atoms with Crippen LogP contribution in [0.15, 0.2) is 48.5 Å². The number of carbonyl (C=O) groups is 2. The van der Waals surface area contributed by atoms with Crippen molar-refractivity contribution >= 4 is 29.1 Å². The molecule has 2 amide bonds. The molecule has 2 aromatic carbocycles. The van der Waals surface area contributed by atoms with E-state index < -0.39 is 0 Å². The molecule has 0 aromatic heterocycles. The SMILES string of the molecule is N#CCC(=O)Nc1ccc(CNC(=O)CCc2cccc(Cl)c2)cc1. The highest BCUT2D eigenvalue weighted by Gasteiger charge is 2.04. The van der Waals surface area contributed by atoms with Gasteiger partial charge in [-0.3, -0.25) is 9.59 Å². The molecule has 0 bridgehead atoms. The van der Waals surface area contributed by atoms with Gasteiger partial charge in [0.1, 0.15) is 6.42 Å². The molecule has 0 atom stereocenters. The Morgan fingerprint density at radius 1 is 1.04 bits per heavy atom. The maximum atomic E-state index is 11.9. The summed E-state index contributed by atoms with van der Waals surface area (Å²) in [7, 11) is 0. The highest BCUT2D eigenvalue weighted by molar-refractivity contribution is 6.30. The highest BCUT2D eigenvalue weighted by atomic mass is 35.5. The summed E-state index contributed by atoms with van der Waals surface area (Å²) in [4.78, 5) is 23.3. The molecule has 0 heterocycles. The summed E-state index contributed by atoms with van der Waals surface area (Å²) in [6.45, 7) is 0.417. The van der Waals surface area contributed by atoms with Crippen LogP contribution in [0.1, 0.15) is 24.0 Å². The fourth-order valence-corrected chi connectivity index (χ4v) is 2.44. The number of aryl methyl sites for hydroxylation is 1. The number of hydrogen-bond donors (Lipinski definition) is 2. The average Bonchev–Trinajstić information content (AvgIpc) is 2.59. The maximum Gasteiger partial charge on any atom is 0.238 e. The van der Waals surface area contributed by atoms with Gasteiger partial charge in [0.2, 0.25) is 11.8 Å². The molecule has 0 fully saturated rings. The van der Waals surface area contributed by atoms with Gasteiger partial charge in [-0.2, -0.15) is 5.26 Å². The first-order chi connectivity index (χ1) is 12.1. The smallest absolute Gasteiger partial charge is 0.238 e. The average molecular weight is 356 g/mol. The van der Waals surface area contributed by atoms with Gasteiger partial charge in [-0.25, -0.2) is 0 Å². The van der Waals surface area contributed by atoms with Crippen LogP contribution in [0.5, 0.6) is 0 Å². The molecule has 0 radical (unpaired) electrons. The second kappa shape index (κ2) is 9.45. The molecule has 2 aromatic rings. The molecule has 0 spiro atoms. The van der Waals surface area contributed by atoms with E-state index in [1.807, 2.05) is 30.3 Å². The van der Waals surface area contributed by atoms with E-state index in [-0.39, 0.29) is 18.2 Å². The summed E-state index contributed by atoms with van der Waals surface area (Å²) in [5.74, 6) is -0.379. The molecule has 25 heavy (non-hydrogen) atoms. The number of nitriles is 1. The molecule has 0 aliphatic rings. The van der Waals surface area contributed by atoms with Crippen LogP contribution in [0.25, 0.3) is 0 Å². The van der Waals surface area contributed by atoms with Crippen molar-refractivity contribution in [1.82, 2.24) is 5.32 Å². The number of rotatable bonds is 7. The summed E-state index contributed by atoms with van der Waals surface area (Å²) in [6, 6.07) is 16.4.